The second-order valence-corrected chi connectivity index (χ2v) is 4.02. The van der Waals surface area contributed by atoms with Crippen molar-refractivity contribution >= 4 is 18.1 Å². The summed E-state index contributed by atoms with van der Waals surface area (Å²) < 4.78 is 6.28. The molecule has 20 heavy (non-hydrogen) atoms. The molecule has 0 bridgehead atoms. The van der Waals surface area contributed by atoms with E-state index in [9.17, 15) is 9.59 Å². The van der Waals surface area contributed by atoms with E-state index >= 15 is 0 Å². The number of aliphatic carboxylic acids is 1. The molecule has 3 N–H and O–H groups in total. The number of carbonyl (C=O) groups excluding carboxylic acids is 1. The van der Waals surface area contributed by atoms with Gasteiger partial charge in [-0.05, 0) is 12.1 Å². The van der Waals surface area contributed by atoms with Crippen LogP contribution in [0.3, 0.4) is 0 Å². The fourth-order valence-electron chi connectivity index (χ4n) is 1.89. The quantitative estimate of drug-likeness (QED) is 0.789. The number of benzene rings is 1. The molecule has 0 fully saturated rings. The number of aldehydes is 1. The average Bonchev–Trinajstić information content (AvgIpc) is 2.74. The zero-order valence-electron chi connectivity index (χ0n) is 10.7. The molecule has 0 atom stereocenters. The number of nitrogens with two attached hydrogens (primary N) is 1. The molecule has 7 nitrogen and oxygen atoms in total. The van der Waals surface area contributed by atoms with Gasteiger partial charge in [-0.25, -0.2) is 4.68 Å². The van der Waals surface area contributed by atoms with E-state index in [4.69, 9.17) is 15.6 Å². The van der Waals surface area contributed by atoms with Crippen molar-refractivity contribution in [1.82, 2.24) is 9.78 Å². The van der Waals surface area contributed by atoms with Crippen LogP contribution in [0.4, 0.5) is 5.82 Å². The molecule has 0 unspecified atom stereocenters. The monoisotopic (exact) mass is 275 g/mol. The third kappa shape index (κ3) is 2.33. The maximum atomic E-state index is 11.2. The highest BCUT2D eigenvalue weighted by atomic mass is 16.5. The highest BCUT2D eigenvalue weighted by molar-refractivity contribution is 5.93. The molecule has 0 radical (unpaired) electrons. The number of para-hydroxylation sites is 1. The lowest BCUT2D eigenvalue weighted by atomic mass is 10.1. The van der Waals surface area contributed by atoms with E-state index in [2.05, 4.69) is 5.10 Å². The summed E-state index contributed by atoms with van der Waals surface area (Å²) in [4.78, 5) is 22.0. The number of anilines is 1. The Morgan fingerprint density at radius 2 is 2.20 bits per heavy atom. The minimum absolute atomic E-state index is 0.0170. The normalized spacial score (nSPS) is 10.2. The molecule has 1 heterocycles. The van der Waals surface area contributed by atoms with Gasteiger partial charge in [0.15, 0.2) is 6.29 Å². The average molecular weight is 275 g/mol. The van der Waals surface area contributed by atoms with Gasteiger partial charge in [-0.2, -0.15) is 5.10 Å². The van der Waals surface area contributed by atoms with Crippen LogP contribution in [0.2, 0.25) is 0 Å². The molecule has 0 amide bonds. The van der Waals surface area contributed by atoms with E-state index in [0.29, 0.717) is 23.3 Å². The molecule has 0 aliphatic carbocycles. The molecule has 2 aromatic rings. The van der Waals surface area contributed by atoms with Crippen LogP contribution in [0.5, 0.6) is 5.75 Å². The number of nitrogen functional groups attached to an aromatic ring is 1. The lowest BCUT2D eigenvalue weighted by Gasteiger charge is -2.05. The number of carboxylic acid groups (broad SMARTS) is 1. The topological polar surface area (TPSA) is 107 Å². The fourth-order valence-corrected chi connectivity index (χ4v) is 1.89. The maximum Gasteiger partial charge on any atom is 0.325 e. The van der Waals surface area contributed by atoms with Crippen molar-refractivity contribution in [3.8, 4) is 17.0 Å². The Kier molecular flexibility index (Phi) is 3.69. The lowest BCUT2D eigenvalue weighted by molar-refractivity contribution is -0.137. The molecule has 0 saturated carbocycles. The van der Waals surface area contributed by atoms with Crippen molar-refractivity contribution in [1.29, 1.82) is 0 Å². The first-order chi connectivity index (χ1) is 9.58. The standard InChI is InChI=1S/C13H13N3O4/c1-20-10-5-3-2-4-8(10)12-9(7-17)13(14)16(15-12)6-11(18)19/h2-5,7H,6,14H2,1H3,(H,18,19). The van der Waals surface area contributed by atoms with Gasteiger partial charge in [0, 0.05) is 5.56 Å². The number of methoxy groups -OCH3 is 1. The van der Waals surface area contributed by atoms with Crippen molar-refractivity contribution < 1.29 is 19.4 Å². The summed E-state index contributed by atoms with van der Waals surface area (Å²) in [7, 11) is 1.50. The molecule has 7 heteroatoms. The number of aromatic nitrogens is 2. The summed E-state index contributed by atoms with van der Waals surface area (Å²) in [6.45, 7) is -0.415. The van der Waals surface area contributed by atoms with Crippen molar-refractivity contribution in [2.45, 2.75) is 6.54 Å². The molecule has 104 valence electrons. The highest BCUT2D eigenvalue weighted by Crippen LogP contribution is 2.32. The van der Waals surface area contributed by atoms with Gasteiger partial charge in [0.25, 0.3) is 0 Å². The van der Waals surface area contributed by atoms with E-state index in [0.717, 1.165) is 4.68 Å². The molecule has 0 aliphatic heterocycles. The summed E-state index contributed by atoms with van der Waals surface area (Å²) in [5.41, 5.74) is 6.78. The van der Waals surface area contributed by atoms with Crippen LogP contribution in [0.1, 0.15) is 10.4 Å². The van der Waals surface area contributed by atoms with E-state index in [1.165, 1.54) is 7.11 Å². The maximum absolute atomic E-state index is 11.2. The number of hydrogen-bond donors (Lipinski definition) is 2. The zero-order chi connectivity index (χ0) is 14.7. The highest BCUT2D eigenvalue weighted by Gasteiger charge is 2.20. The minimum Gasteiger partial charge on any atom is -0.496 e. The number of ether oxygens (including phenoxy) is 1. The molecule has 0 spiro atoms. The van der Waals surface area contributed by atoms with Crippen molar-refractivity contribution in [3.05, 3.63) is 29.8 Å². The predicted molar refractivity (Wildman–Crippen MR) is 71.7 cm³/mol. The van der Waals surface area contributed by atoms with Gasteiger partial charge in [-0.3, -0.25) is 9.59 Å². The van der Waals surface area contributed by atoms with Crippen LogP contribution in [0.25, 0.3) is 11.3 Å². The first kappa shape index (κ1) is 13.6. The van der Waals surface area contributed by atoms with E-state index in [1.54, 1.807) is 24.3 Å². The minimum atomic E-state index is -1.09. The van der Waals surface area contributed by atoms with Gasteiger partial charge in [0.1, 0.15) is 23.8 Å². The van der Waals surface area contributed by atoms with Crippen LogP contribution in [-0.2, 0) is 11.3 Å². The van der Waals surface area contributed by atoms with Gasteiger partial charge in [0.2, 0.25) is 0 Å². The Bertz CT molecular complexity index is 664. The van der Waals surface area contributed by atoms with E-state index < -0.39 is 12.5 Å². The molecule has 1 aromatic heterocycles. The fraction of sp³-hybridized carbons (Fsp3) is 0.154. The second-order valence-electron chi connectivity index (χ2n) is 4.02. The molecule has 2 rings (SSSR count). The molecule has 1 aromatic carbocycles. The Hall–Kier alpha value is -2.83. The zero-order valence-corrected chi connectivity index (χ0v) is 10.7. The van der Waals surface area contributed by atoms with Crippen LogP contribution >= 0.6 is 0 Å². The summed E-state index contributed by atoms with van der Waals surface area (Å²) in [5, 5.41) is 12.9. The van der Waals surface area contributed by atoms with Gasteiger partial charge >= 0.3 is 5.97 Å². The predicted octanol–water partition coefficient (Wildman–Crippen LogP) is 1.04. The Labute approximate surface area is 114 Å². The first-order valence-electron chi connectivity index (χ1n) is 5.75. The Morgan fingerprint density at radius 1 is 1.50 bits per heavy atom. The van der Waals surface area contributed by atoms with E-state index in [1.807, 2.05) is 0 Å². The van der Waals surface area contributed by atoms with Gasteiger partial charge in [-0.15, -0.1) is 0 Å². The number of rotatable bonds is 5. The van der Waals surface area contributed by atoms with Crippen LogP contribution in [0, 0.1) is 0 Å². The number of hydrogen-bond acceptors (Lipinski definition) is 5. The lowest BCUT2D eigenvalue weighted by Crippen LogP contribution is -2.12. The van der Waals surface area contributed by atoms with Crippen LogP contribution in [-0.4, -0.2) is 34.3 Å². The summed E-state index contributed by atoms with van der Waals surface area (Å²) in [5.74, 6) is -0.554. The summed E-state index contributed by atoms with van der Waals surface area (Å²) in [6.07, 6.45) is 0.558. The van der Waals surface area contributed by atoms with Gasteiger partial charge in [-0.1, -0.05) is 12.1 Å². The second kappa shape index (κ2) is 5.43. The molecular weight excluding hydrogens is 262 g/mol. The molecule has 0 aliphatic rings. The summed E-state index contributed by atoms with van der Waals surface area (Å²) >= 11 is 0. The molecule has 0 saturated heterocycles. The van der Waals surface area contributed by atoms with Crippen molar-refractivity contribution in [2.75, 3.05) is 12.8 Å². The third-order valence-corrected chi connectivity index (χ3v) is 2.79. The van der Waals surface area contributed by atoms with E-state index in [-0.39, 0.29) is 11.4 Å². The number of carbonyl (C=O) groups is 2. The van der Waals surface area contributed by atoms with Gasteiger partial charge in [0.05, 0.1) is 12.7 Å². The largest absolute Gasteiger partial charge is 0.496 e. The van der Waals surface area contributed by atoms with Crippen molar-refractivity contribution in [2.24, 2.45) is 0 Å². The Balaban J connectivity index is 2.61. The Morgan fingerprint density at radius 3 is 2.80 bits per heavy atom. The van der Waals surface area contributed by atoms with Gasteiger partial charge < -0.3 is 15.6 Å². The number of carboxylic acids is 1. The SMILES string of the molecule is COc1ccccc1-c1nn(CC(=O)O)c(N)c1C=O. The van der Waals surface area contributed by atoms with Crippen LogP contribution in [0.15, 0.2) is 24.3 Å². The van der Waals surface area contributed by atoms with Crippen LogP contribution < -0.4 is 10.5 Å². The molecular formula is C13H13N3O4. The smallest absolute Gasteiger partial charge is 0.325 e. The third-order valence-electron chi connectivity index (χ3n) is 2.79. The van der Waals surface area contributed by atoms with Crippen molar-refractivity contribution in [3.63, 3.8) is 0 Å². The number of nitrogens with zero attached hydrogens (tertiary/aromatic N) is 2. The summed E-state index contributed by atoms with van der Waals surface area (Å²) in [6, 6.07) is 6.98. The first-order valence-corrected chi connectivity index (χ1v) is 5.75.